The van der Waals surface area contributed by atoms with Crippen LogP contribution in [0.4, 0.5) is 15.6 Å². The standard InChI is InChI=1S/C22H25N5OS/c1-16(2)18-10-6-7-11-19(18)23-21(28)26-12-14-27(15-13-26)22-24-20(25-29-22)17-8-4-3-5-9-17/h3-11,16H,12-15H2,1-2H3,(H,23,28). The highest BCUT2D eigenvalue weighted by atomic mass is 32.1. The molecule has 1 aliphatic heterocycles. The first kappa shape index (κ1) is 19.4. The summed E-state index contributed by atoms with van der Waals surface area (Å²) < 4.78 is 4.49. The Hall–Kier alpha value is -2.93. The first-order valence-electron chi connectivity index (χ1n) is 9.91. The zero-order valence-electron chi connectivity index (χ0n) is 16.7. The second kappa shape index (κ2) is 8.61. The Kier molecular flexibility index (Phi) is 5.76. The van der Waals surface area contributed by atoms with E-state index in [-0.39, 0.29) is 6.03 Å². The van der Waals surface area contributed by atoms with E-state index in [1.807, 2.05) is 53.4 Å². The molecule has 1 aliphatic rings. The number of benzene rings is 2. The Morgan fingerprint density at radius 3 is 2.41 bits per heavy atom. The number of urea groups is 1. The lowest BCUT2D eigenvalue weighted by Crippen LogP contribution is -2.50. The van der Waals surface area contributed by atoms with E-state index in [1.165, 1.54) is 11.5 Å². The topological polar surface area (TPSA) is 61.4 Å². The number of nitrogens with zero attached hydrogens (tertiary/aromatic N) is 4. The monoisotopic (exact) mass is 407 g/mol. The number of amides is 2. The van der Waals surface area contributed by atoms with Crippen LogP contribution in [0.15, 0.2) is 54.6 Å². The summed E-state index contributed by atoms with van der Waals surface area (Å²) in [4.78, 5) is 21.5. The second-order valence-corrected chi connectivity index (χ2v) is 8.14. The van der Waals surface area contributed by atoms with Gasteiger partial charge < -0.3 is 15.1 Å². The van der Waals surface area contributed by atoms with Crippen LogP contribution in [-0.4, -0.2) is 46.5 Å². The molecule has 6 nitrogen and oxygen atoms in total. The molecule has 0 aliphatic carbocycles. The number of carbonyl (C=O) groups excluding carboxylic acids is 1. The molecular formula is C22H25N5OS. The minimum atomic E-state index is -0.0417. The number of carbonyl (C=O) groups is 1. The van der Waals surface area contributed by atoms with E-state index < -0.39 is 0 Å². The minimum Gasteiger partial charge on any atom is -0.343 e. The van der Waals surface area contributed by atoms with Crippen LogP contribution in [0.1, 0.15) is 25.3 Å². The fourth-order valence-corrected chi connectivity index (χ4v) is 4.20. The van der Waals surface area contributed by atoms with Gasteiger partial charge in [0.15, 0.2) is 5.82 Å². The van der Waals surface area contributed by atoms with Crippen molar-refractivity contribution < 1.29 is 4.79 Å². The minimum absolute atomic E-state index is 0.0417. The van der Waals surface area contributed by atoms with Gasteiger partial charge in [0.05, 0.1) is 0 Å². The van der Waals surface area contributed by atoms with Gasteiger partial charge in [-0.2, -0.15) is 9.36 Å². The maximum absolute atomic E-state index is 12.7. The molecule has 7 heteroatoms. The van der Waals surface area contributed by atoms with Crippen LogP contribution in [0.2, 0.25) is 0 Å². The summed E-state index contributed by atoms with van der Waals surface area (Å²) >= 11 is 1.41. The number of nitrogens with one attached hydrogen (secondary N) is 1. The zero-order chi connectivity index (χ0) is 20.2. The van der Waals surface area contributed by atoms with Crippen molar-refractivity contribution in [1.29, 1.82) is 0 Å². The number of aromatic nitrogens is 2. The highest BCUT2D eigenvalue weighted by Crippen LogP contribution is 2.26. The molecule has 0 radical (unpaired) electrons. The molecule has 1 saturated heterocycles. The normalized spacial score (nSPS) is 14.3. The number of hydrogen-bond acceptors (Lipinski definition) is 5. The fraction of sp³-hybridized carbons (Fsp3) is 0.318. The molecular weight excluding hydrogens is 382 g/mol. The van der Waals surface area contributed by atoms with Crippen molar-refractivity contribution in [3.63, 3.8) is 0 Å². The third-order valence-corrected chi connectivity index (χ3v) is 5.89. The van der Waals surface area contributed by atoms with Gasteiger partial charge in [-0.15, -0.1) is 0 Å². The maximum atomic E-state index is 12.7. The predicted molar refractivity (Wildman–Crippen MR) is 119 cm³/mol. The molecule has 3 aromatic rings. The van der Waals surface area contributed by atoms with Crippen molar-refractivity contribution in [3.8, 4) is 11.4 Å². The van der Waals surface area contributed by atoms with Gasteiger partial charge >= 0.3 is 6.03 Å². The van der Waals surface area contributed by atoms with Gasteiger partial charge in [-0.25, -0.2) is 4.79 Å². The second-order valence-electron chi connectivity index (χ2n) is 7.41. The number of rotatable bonds is 4. The zero-order valence-corrected chi connectivity index (χ0v) is 17.5. The first-order valence-corrected chi connectivity index (χ1v) is 10.7. The number of anilines is 2. The van der Waals surface area contributed by atoms with Gasteiger partial charge in [0.25, 0.3) is 0 Å². The summed E-state index contributed by atoms with van der Waals surface area (Å²) in [5.41, 5.74) is 3.07. The van der Waals surface area contributed by atoms with Crippen LogP contribution in [-0.2, 0) is 0 Å². The lowest BCUT2D eigenvalue weighted by molar-refractivity contribution is 0.208. The van der Waals surface area contributed by atoms with Crippen LogP contribution in [0, 0.1) is 0 Å². The molecule has 1 N–H and O–H groups in total. The average Bonchev–Trinajstić information content (AvgIpc) is 3.25. The molecule has 0 bridgehead atoms. The molecule has 0 atom stereocenters. The Morgan fingerprint density at radius 2 is 1.69 bits per heavy atom. The smallest absolute Gasteiger partial charge is 0.321 e. The van der Waals surface area contributed by atoms with E-state index in [4.69, 9.17) is 0 Å². The largest absolute Gasteiger partial charge is 0.343 e. The Labute approximate surface area is 175 Å². The number of para-hydroxylation sites is 1. The molecule has 2 amide bonds. The molecule has 4 rings (SSSR count). The number of hydrogen-bond donors (Lipinski definition) is 1. The van der Waals surface area contributed by atoms with Crippen molar-refractivity contribution in [1.82, 2.24) is 14.3 Å². The quantitative estimate of drug-likeness (QED) is 0.682. The van der Waals surface area contributed by atoms with Gasteiger partial charge in [0, 0.05) is 49.0 Å². The molecule has 1 fully saturated rings. The van der Waals surface area contributed by atoms with Crippen LogP contribution < -0.4 is 10.2 Å². The van der Waals surface area contributed by atoms with Gasteiger partial charge in [-0.1, -0.05) is 62.4 Å². The molecule has 0 saturated carbocycles. The summed E-state index contributed by atoms with van der Waals surface area (Å²) in [5, 5.41) is 4.00. The van der Waals surface area contributed by atoms with Crippen molar-refractivity contribution >= 4 is 28.4 Å². The molecule has 29 heavy (non-hydrogen) atoms. The molecule has 0 spiro atoms. The summed E-state index contributed by atoms with van der Waals surface area (Å²) in [6.07, 6.45) is 0. The van der Waals surface area contributed by atoms with Gasteiger partial charge in [-0.3, -0.25) is 0 Å². The van der Waals surface area contributed by atoms with Crippen molar-refractivity contribution in [2.45, 2.75) is 19.8 Å². The van der Waals surface area contributed by atoms with E-state index in [1.54, 1.807) is 0 Å². The molecule has 2 aromatic carbocycles. The highest BCUT2D eigenvalue weighted by Gasteiger charge is 2.24. The van der Waals surface area contributed by atoms with Crippen molar-refractivity contribution in [2.24, 2.45) is 0 Å². The SMILES string of the molecule is CC(C)c1ccccc1NC(=O)N1CCN(c2nc(-c3ccccc3)ns2)CC1. The average molecular weight is 408 g/mol. The van der Waals surface area contributed by atoms with E-state index in [9.17, 15) is 4.79 Å². The summed E-state index contributed by atoms with van der Waals surface area (Å²) in [6.45, 7) is 7.10. The third-order valence-electron chi connectivity index (χ3n) is 5.11. The summed E-state index contributed by atoms with van der Waals surface area (Å²) in [7, 11) is 0. The Bertz CT molecular complexity index is 964. The summed E-state index contributed by atoms with van der Waals surface area (Å²) in [6, 6.07) is 18.0. The fourth-order valence-electron chi connectivity index (χ4n) is 3.46. The first-order chi connectivity index (χ1) is 14.1. The van der Waals surface area contributed by atoms with E-state index in [0.717, 1.165) is 40.9 Å². The number of piperazine rings is 1. The maximum Gasteiger partial charge on any atom is 0.321 e. The highest BCUT2D eigenvalue weighted by molar-refractivity contribution is 7.09. The Balaban J connectivity index is 1.36. The lowest BCUT2D eigenvalue weighted by Gasteiger charge is -2.34. The van der Waals surface area contributed by atoms with Crippen molar-refractivity contribution in [3.05, 3.63) is 60.2 Å². The lowest BCUT2D eigenvalue weighted by atomic mass is 10.0. The van der Waals surface area contributed by atoms with Gasteiger partial charge in [-0.05, 0) is 17.5 Å². The van der Waals surface area contributed by atoms with Crippen LogP contribution in [0.5, 0.6) is 0 Å². The van der Waals surface area contributed by atoms with E-state index >= 15 is 0 Å². The van der Waals surface area contributed by atoms with E-state index in [2.05, 4.69) is 39.5 Å². The summed E-state index contributed by atoms with van der Waals surface area (Å²) in [5.74, 6) is 1.12. The Morgan fingerprint density at radius 1 is 1.00 bits per heavy atom. The molecule has 2 heterocycles. The molecule has 150 valence electrons. The van der Waals surface area contributed by atoms with Gasteiger partial charge in [0.2, 0.25) is 5.13 Å². The van der Waals surface area contributed by atoms with Gasteiger partial charge in [0.1, 0.15) is 0 Å². The van der Waals surface area contributed by atoms with Crippen LogP contribution >= 0.6 is 11.5 Å². The van der Waals surface area contributed by atoms with Crippen LogP contribution in [0.3, 0.4) is 0 Å². The third kappa shape index (κ3) is 4.40. The van der Waals surface area contributed by atoms with Crippen LogP contribution in [0.25, 0.3) is 11.4 Å². The predicted octanol–water partition coefficient (Wildman–Crippen LogP) is 4.68. The molecule has 0 unspecified atom stereocenters. The van der Waals surface area contributed by atoms with Crippen molar-refractivity contribution in [2.75, 3.05) is 36.4 Å². The van der Waals surface area contributed by atoms with E-state index in [0.29, 0.717) is 19.0 Å². The molecule has 1 aromatic heterocycles.